The zero-order chi connectivity index (χ0) is 17.9. The first kappa shape index (κ1) is 18.5. The van der Waals surface area contributed by atoms with Gasteiger partial charge >= 0.3 is 6.09 Å². The lowest BCUT2D eigenvalue weighted by molar-refractivity contribution is -0.123. The van der Waals surface area contributed by atoms with Crippen molar-refractivity contribution in [3.05, 3.63) is 71.8 Å². The zero-order valence-corrected chi connectivity index (χ0v) is 14.4. The molecule has 2 aromatic carbocycles. The van der Waals surface area contributed by atoms with E-state index in [4.69, 9.17) is 4.74 Å². The lowest BCUT2D eigenvalue weighted by Gasteiger charge is -2.18. The number of amides is 2. The third kappa shape index (κ3) is 6.67. The fraction of sp³-hybridized carbons (Fsp3) is 0.300. The van der Waals surface area contributed by atoms with Gasteiger partial charge in [-0.1, -0.05) is 67.6 Å². The van der Waals surface area contributed by atoms with E-state index < -0.39 is 12.1 Å². The van der Waals surface area contributed by atoms with Crippen molar-refractivity contribution in [2.45, 2.75) is 32.4 Å². The van der Waals surface area contributed by atoms with Crippen LogP contribution in [0, 0.1) is 0 Å². The summed E-state index contributed by atoms with van der Waals surface area (Å²) in [5.74, 6) is -0.206. The molecule has 2 rings (SSSR count). The maximum Gasteiger partial charge on any atom is 0.408 e. The number of carbonyl (C=O) groups is 2. The summed E-state index contributed by atoms with van der Waals surface area (Å²) >= 11 is 0. The van der Waals surface area contributed by atoms with E-state index in [-0.39, 0.29) is 12.5 Å². The molecule has 2 aromatic rings. The van der Waals surface area contributed by atoms with Gasteiger partial charge in [-0.2, -0.15) is 0 Å². The minimum absolute atomic E-state index is 0.168. The van der Waals surface area contributed by atoms with Gasteiger partial charge in [-0.15, -0.1) is 0 Å². The minimum atomic E-state index is -0.669. The van der Waals surface area contributed by atoms with Crippen LogP contribution in [0.4, 0.5) is 4.79 Å². The van der Waals surface area contributed by atoms with E-state index in [2.05, 4.69) is 10.6 Å². The Morgan fingerprint density at radius 1 is 0.960 bits per heavy atom. The Morgan fingerprint density at radius 3 is 2.16 bits per heavy atom. The van der Waals surface area contributed by atoms with Crippen LogP contribution in [0.1, 0.15) is 24.5 Å². The molecule has 25 heavy (non-hydrogen) atoms. The van der Waals surface area contributed by atoms with Crippen LogP contribution in [0.25, 0.3) is 0 Å². The molecule has 5 nitrogen and oxygen atoms in total. The van der Waals surface area contributed by atoms with E-state index in [1.165, 1.54) is 0 Å². The van der Waals surface area contributed by atoms with Crippen molar-refractivity contribution in [2.75, 3.05) is 6.54 Å². The molecule has 5 heteroatoms. The molecule has 2 amide bonds. The van der Waals surface area contributed by atoms with E-state index in [9.17, 15) is 9.59 Å². The van der Waals surface area contributed by atoms with Crippen LogP contribution in [-0.2, 0) is 22.6 Å². The fourth-order valence-corrected chi connectivity index (χ4v) is 2.34. The van der Waals surface area contributed by atoms with Crippen molar-refractivity contribution in [3.8, 4) is 0 Å². The summed E-state index contributed by atoms with van der Waals surface area (Å²) in [5, 5.41) is 5.49. The van der Waals surface area contributed by atoms with Crippen LogP contribution in [0.2, 0.25) is 0 Å². The number of benzene rings is 2. The van der Waals surface area contributed by atoms with Crippen molar-refractivity contribution in [1.29, 1.82) is 0 Å². The highest BCUT2D eigenvalue weighted by Gasteiger charge is 2.21. The van der Waals surface area contributed by atoms with Crippen molar-refractivity contribution < 1.29 is 14.3 Å². The number of hydrogen-bond acceptors (Lipinski definition) is 3. The van der Waals surface area contributed by atoms with Crippen molar-refractivity contribution in [1.82, 2.24) is 10.6 Å². The second-order valence-electron chi connectivity index (χ2n) is 5.74. The van der Waals surface area contributed by atoms with Gasteiger partial charge in [-0.3, -0.25) is 4.79 Å². The number of hydrogen-bond donors (Lipinski definition) is 2. The average molecular weight is 340 g/mol. The highest BCUT2D eigenvalue weighted by atomic mass is 16.5. The van der Waals surface area contributed by atoms with E-state index in [0.717, 1.165) is 17.5 Å². The topological polar surface area (TPSA) is 67.4 Å². The molecule has 132 valence electrons. The van der Waals surface area contributed by atoms with E-state index >= 15 is 0 Å². The smallest absolute Gasteiger partial charge is 0.408 e. The highest BCUT2D eigenvalue weighted by Crippen LogP contribution is 2.05. The van der Waals surface area contributed by atoms with Gasteiger partial charge in [-0.05, 0) is 17.5 Å². The molecule has 0 saturated carbocycles. The molecule has 0 saturated heterocycles. The molecule has 0 aliphatic carbocycles. The van der Waals surface area contributed by atoms with Gasteiger partial charge in [0.15, 0.2) is 0 Å². The first-order valence-electron chi connectivity index (χ1n) is 8.48. The Labute approximate surface area is 148 Å². The van der Waals surface area contributed by atoms with Gasteiger partial charge in [0.1, 0.15) is 12.6 Å². The molecule has 0 unspecified atom stereocenters. The van der Waals surface area contributed by atoms with Crippen LogP contribution < -0.4 is 10.6 Å². The zero-order valence-electron chi connectivity index (χ0n) is 14.4. The van der Waals surface area contributed by atoms with Gasteiger partial charge in [0, 0.05) is 13.0 Å². The summed E-state index contributed by atoms with van der Waals surface area (Å²) in [6.07, 6.45) is 0.649. The Kier molecular flexibility index (Phi) is 7.50. The molecule has 0 aliphatic heterocycles. The fourth-order valence-electron chi connectivity index (χ4n) is 2.34. The molecular weight excluding hydrogens is 316 g/mol. The molecule has 0 aliphatic rings. The molecule has 0 radical (unpaired) electrons. The first-order valence-corrected chi connectivity index (χ1v) is 8.48. The highest BCUT2D eigenvalue weighted by molar-refractivity contribution is 5.85. The van der Waals surface area contributed by atoms with Gasteiger partial charge in [0.05, 0.1) is 0 Å². The van der Waals surface area contributed by atoms with Crippen LogP contribution in [0.5, 0.6) is 0 Å². The first-order chi connectivity index (χ1) is 12.2. The van der Waals surface area contributed by atoms with Gasteiger partial charge in [-0.25, -0.2) is 4.79 Å². The van der Waals surface area contributed by atoms with Crippen LogP contribution in [-0.4, -0.2) is 24.6 Å². The normalized spacial score (nSPS) is 11.4. The van der Waals surface area contributed by atoms with E-state index in [1.807, 2.05) is 67.6 Å². The summed E-state index contributed by atoms with van der Waals surface area (Å²) in [7, 11) is 0. The Hall–Kier alpha value is -2.82. The maximum atomic E-state index is 12.3. The van der Waals surface area contributed by atoms with Gasteiger partial charge in [0.25, 0.3) is 0 Å². The molecule has 0 spiro atoms. The van der Waals surface area contributed by atoms with Crippen molar-refractivity contribution in [2.24, 2.45) is 0 Å². The summed E-state index contributed by atoms with van der Waals surface area (Å²) in [6, 6.07) is 18.3. The molecule has 2 N–H and O–H groups in total. The molecule has 1 atom stereocenters. The number of alkyl carbamates (subject to hydrolysis) is 1. The minimum Gasteiger partial charge on any atom is -0.445 e. The third-order valence-electron chi connectivity index (χ3n) is 3.65. The molecule has 0 bridgehead atoms. The van der Waals surface area contributed by atoms with Gasteiger partial charge < -0.3 is 15.4 Å². The second kappa shape index (κ2) is 10.1. The van der Waals surface area contributed by atoms with Crippen LogP contribution in [0.3, 0.4) is 0 Å². The SMILES string of the molecule is CCCNC(=O)[C@H](Cc1ccccc1)NC(=O)OCc1ccccc1. The third-order valence-corrected chi connectivity index (χ3v) is 3.65. The second-order valence-corrected chi connectivity index (χ2v) is 5.74. The number of carbonyl (C=O) groups excluding carboxylic acids is 2. The summed E-state index contributed by atoms with van der Waals surface area (Å²) < 4.78 is 5.22. The average Bonchev–Trinajstić information content (AvgIpc) is 2.65. The molecule has 0 heterocycles. The predicted octanol–water partition coefficient (Wildman–Crippen LogP) is 3.05. The Bertz CT molecular complexity index is 659. The Morgan fingerprint density at radius 2 is 1.56 bits per heavy atom. The van der Waals surface area contributed by atoms with Crippen LogP contribution >= 0.6 is 0 Å². The molecule has 0 aromatic heterocycles. The number of nitrogens with one attached hydrogen (secondary N) is 2. The quantitative estimate of drug-likeness (QED) is 0.776. The van der Waals surface area contributed by atoms with E-state index in [0.29, 0.717) is 13.0 Å². The number of rotatable bonds is 8. The monoisotopic (exact) mass is 340 g/mol. The predicted molar refractivity (Wildman–Crippen MR) is 97.0 cm³/mol. The van der Waals surface area contributed by atoms with Gasteiger partial charge in [0.2, 0.25) is 5.91 Å². The maximum absolute atomic E-state index is 12.3. The lowest BCUT2D eigenvalue weighted by atomic mass is 10.1. The summed E-state index contributed by atoms with van der Waals surface area (Å²) in [5.41, 5.74) is 1.87. The standard InChI is InChI=1S/C20H24N2O3/c1-2-13-21-19(23)18(14-16-9-5-3-6-10-16)22-20(24)25-15-17-11-7-4-8-12-17/h3-12,18H,2,13-15H2,1H3,(H,21,23)(H,22,24)/t18-/m0/s1. The molecule has 0 fully saturated rings. The Balaban J connectivity index is 1.94. The summed E-state index contributed by atoms with van der Waals surface area (Å²) in [4.78, 5) is 24.4. The van der Waals surface area contributed by atoms with Crippen molar-refractivity contribution >= 4 is 12.0 Å². The van der Waals surface area contributed by atoms with Crippen LogP contribution in [0.15, 0.2) is 60.7 Å². The lowest BCUT2D eigenvalue weighted by Crippen LogP contribution is -2.48. The number of ether oxygens (including phenoxy) is 1. The molecular formula is C20H24N2O3. The van der Waals surface area contributed by atoms with Crippen molar-refractivity contribution in [3.63, 3.8) is 0 Å². The summed E-state index contributed by atoms with van der Waals surface area (Å²) in [6.45, 7) is 2.72. The van der Waals surface area contributed by atoms with E-state index in [1.54, 1.807) is 0 Å². The largest absolute Gasteiger partial charge is 0.445 e.